The Labute approximate surface area is 258 Å². The van der Waals surface area contributed by atoms with Crippen molar-refractivity contribution < 1.29 is 28.9 Å². The molecule has 4 aromatic rings. The third-order valence-corrected chi connectivity index (χ3v) is 6.21. The molecule has 0 aliphatic heterocycles. The zero-order chi connectivity index (χ0) is 32.0. The molecule has 4 aromatic carbocycles. The lowest BCUT2D eigenvalue weighted by Crippen LogP contribution is -2.17. The van der Waals surface area contributed by atoms with E-state index < -0.39 is 11.9 Å². The molecule has 0 saturated heterocycles. The van der Waals surface area contributed by atoms with Crippen LogP contribution in [-0.4, -0.2) is 35.4 Å². The molecule has 0 fully saturated rings. The van der Waals surface area contributed by atoms with Crippen molar-refractivity contribution in [2.45, 2.75) is 19.3 Å². The number of nitrogens with zero attached hydrogens (tertiary/aromatic N) is 2. The number of carbonyl (C=O) groups is 4. The first-order valence-electron chi connectivity index (χ1n) is 13.8. The van der Waals surface area contributed by atoms with E-state index in [0.717, 1.165) is 0 Å². The zero-order valence-corrected chi connectivity index (χ0v) is 24.0. The van der Waals surface area contributed by atoms with Crippen molar-refractivity contribution in [3.63, 3.8) is 0 Å². The molecule has 228 valence electrons. The van der Waals surface area contributed by atoms with Gasteiger partial charge >= 0.3 is 11.9 Å². The minimum Gasteiger partial charge on any atom is -0.380 e. The molecule has 0 heterocycles. The molecule has 12 heteroatoms. The Kier molecular flexibility index (Phi) is 11.1. The third kappa shape index (κ3) is 9.89. The van der Waals surface area contributed by atoms with Crippen molar-refractivity contribution in [3.8, 4) is 0 Å². The summed E-state index contributed by atoms with van der Waals surface area (Å²) < 4.78 is 0. The SMILES string of the molecule is N/C(=N\OC(=O)c1ccccc1)c1ccc(NC(=O)CCCC(=O)Nc2ccc(/C(N)=N/OC(=O)c3ccccc3)cc2)cc1. The highest BCUT2D eigenvalue weighted by Crippen LogP contribution is 2.13. The highest BCUT2D eigenvalue weighted by Gasteiger charge is 2.10. The Bertz CT molecular complexity index is 1560. The van der Waals surface area contributed by atoms with E-state index in [0.29, 0.717) is 40.0 Å². The fourth-order valence-electron chi connectivity index (χ4n) is 3.85. The molecule has 0 aliphatic carbocycles. The maximum atomic E-state index is 12.4. The molecule has 0 bridgehead atoms. The Morgan fingerprint density at radius 2 is 0.867 bits per heavy atom. The van der Waals surface area contributed by atoms with Gasteiger partial charge < -0.3 is 31.8 Å². The van der Waals surface area contributed by atoms with Crippen molar-refractivity contribution in [2.24, 2.45) is 21.8 Å². The Morgan fingerprint density at radius 1 is 0.511 bits per heavy atom. The number of hydrogen-bond donors (Lipinski definition) is 4. The van der Waals surface area contributed by atoms with Crippen LogP contribution in [0.15, 0.2) is 120 Å². The van der Waals surface area contributed by atoms with Crippen molar-refractivity contribution in [3.05, 3.63) is 131 Å². The molecule has 4 rings (SSSR count). The Morgan fingerprint density at radius 3 is 1.22 bits per heavy atom. The van der Waals surface area contributed by atoms with Gasteiger partial charge in [0.1, 0.15) is 0 Å². The van der Waals surface area contributed by atoms with Gasteiger partial charge in [-0.1, -0.05) is 46.7 Å². The van der Waals surface area contributed by atoms with Crippen molar-refractivity contribution in [1.82, 2.24) is 0 Å². The van der Waals surface area contributed by atoms with Crippen LogP contribution in [0.4, 0.5) is 11.4 Å². The summed E-state index contributed by atoms with van der Waals surface area (Å²) in [6, 6.07) is 29.8. The molecular weight excluding hydrogens is 576 g/mol. The average molecular weight is 607 g/mol. The molecule has 2 amide bonds. The van der Waals surface area contributed by atoms with Crippen molar-refractivity contribution in [1.29, 1.82) is 0 Å². The smallest absolute Gasteiger partial charge is 0.365 e. The number of benzene rings is 4. The molecule has 0 saturated carbocycles. The van der Waals surface area contributed by atoms with Crippen LogP contribution in [0.3, 0.4) is 0 Å². The lowest BCUT2D eigenvalue weighted by molar-refractivity contribution is -0.117. The lowest BCUT2D eigenvalue weighted by Gasteiger charge is -2.08. The molecule has 0 aliphatic rings. The average Bonchev–Trinajstić information content (AvgIpc) is 3.07. The van der Waals surface area contributed by atoms with Crippen LogP contribution >= 0.6 is 0 Å². The molecule has 0 aromatic heterocycles. The molecular formula is C33H30N6O6. The summed E-state index contributed by atoms with van der Waals surface area (Å²) in [6.45, 7) is 0. The number of carbonyl (C=O) groups excluding carboxylic acids is 4. The van der Waals surface area contributed by atoms with Crippen LogP contribution in [0.1, 0.15) is 51.1 Å². The largest absolute Gasteiger partial charge is 0.380 e. The monoisotopic (exact) mass is 606 g/mol. The first kappa shape index (κ1) is 31.6. The number of oxime groups is 2. The molecule has 12 nitrogen and oxygen atoms in total. The Balaban J connectivity index is 1.16. The van der Waals surface area contributed by atoms with Gasteiger partial charge in [0.2, 0.25) is 11.8 Å². The van der Waals surface area contributed by atoms with Crippen molar-refractivity contribution in [2.75, 3.05) is 10.6 Å². The summed E-state index contributed by atoms with van der Waals surface area (Å²) in [5.41, 5.74) is 14.6. The molecule has 0 radical (unpaired) electrons. The fraction of sp³-hybridized carbons (Fsp3) is 0.0909. The summed E-state index contributed by atoms with van der Waals surface area (Å²) in [5, 5.41) is 12.9. The third-order valence-electron chi connectivity index (χ3n) is 6.21. The van der Waals surface area contributed by atoms with Crippen LogP contribution in [-0.2, 0) is 19.3 Å². The van der Waals surface area contributed by atoms with Gasteiger partial charge in [-0.3, -0.25) is 9.59 Å². The predicted octanol–water partition coefficient (Wildman–Crippen LogP) is 4.39. The number of anilines is 2. The number of amides is 2. The van der Waals surface area contributed by atoms with Crippen molar-refractivity contribution >= 4 is 46.8 Å². The first-order valence-corrected chi connectivity index (χ1v) is 13.8. The lowest BCUT2D eigenvalue weighted by atomic mass is 10.1. The second kappa shape index (κ2) is 15.8. The number of nitrogens with one attached hydrogen (secondary N) is 2. The van der Waals surface area contributed by atoms with E-state index in [-0.39, 0.29) is 36.3 Å². The molecule has 0 atom stereocenters. The van der Waals surface area contributed by atoms with E-state index in [1.807, 2.05) is 0 Å². The number of nitrogens with two attached hydrogens (primary N) is 2. The summed E-state index contributed by atoms with van der Waals surface area (Å²) in [7, 11) is 0. The van der Waals surface area contributed by atoms with Gasteiger partial charge in [0, 0.05) is 35.3 Å². The van der Waals surface area contributed by atoms with Gasteiger partial charge in [-0.15, -0.1) is 0 Å². The van der Waals surface area contributed by atoms with Crippen LogP contribution in [0.5, 0.6) is 0 Å². The minimum absolute atomic E-state index is 0.00116. The fourth-order valence-corrected chi connectivity index (χ4v) is 3.85. The van der Waals surface area contributed by atoms with Gasteiger partial charge in [-0.2, -0.15) is 0 Å². The maximum Gasteiger partial charge on any atom is 0.365 e. The normalized spacial score (nSPS) is 11.3. The van der Waals surface area contributed by atoms with Crippen LogP contribution < -0.4 is 22.1 Å². The molecule has 0 spiro atoms. The summed E-state index contributed by atoms with van der Waals surface area (Å²) in [5.74, 6) is -1.80. The van der Waals surface area contributed by atoms with E-state index >= 15 is 0 Å². The summed E-state index contributed by atoms with van der Waals surface area (Å²) in [4.78, 5) is 58.5. The minimum atomic E-state index is -0.634. The van der Waals surface area contributed by atoms with E-state index in [1.165, 1.54) is 0 Å². The number of hydrogen-bond acceptors (Lipinski definition) is 8. The van der Waals surface area contributed by atoms with Crippen LogP contribution in [0.25, 0.3) is 0 Å². The van der Waals surface area contributed by atoms with Gasteiger partial charge in [0.05, 0.1) is 11.1 Å². The van der Waals surface area contributed by atoms with E-state index in [1.54, 1.807) is 109 Å². The first-order chi connectivity index (χ1) is 21.8. The maximum absolute atomic E-state index is 12.4. The van der Waals surface area contributed by atoms with Gasteiger partial charge in [0.15, 0.2) is 11.7 Å². The molecule has 0 unspecified atom stereocenters. The standard InChI is InChI=1S/C33H30N6O6/c34-30(38-44-32(42)24-8-3-1-4-9-24)22-14-18-26(19-15-22)36-28(40)12-7-13-29(41)37-27-20-16-23(17-21-27)31(35)39-45-33(43)25-10-5-2-6-11-25/h1-6,8-11,14-21H,7,12-13H2,(H2,34,38)(H2,35,39)(H,36,40)(H,37,41). The number of rotatable bonds is 12. The van der Waals surface area contributed by atoms with E-state index in [4.69, 9.17) is 21.1 Å². The number of amidine groups is 2. The zero-order valence-electron chi connectivity index (χ0n) is 24.0. The quantitative estimate of drug-likeness (QED) is 0.0791. The van der Waals surface area contributed by atoms with Gasteiger partial charge in [-0.05, 0) is 79.2 Å². The van der Waals surface area contributed by atoms with E-state index in [9.17, 15) is 19.2 Å². The summed E-state index contributed by atoms with van der Waals surface area (Å²) >= 11 is 0. The highest BCUT2D eigenvalue weighted by molar-refractivity contribution is 6.00. The van der Waals surface area contributed by atoms with Crippen LogP contribution in [0.2, 0.25) is 0 Å². The second-order valence-corrected chi connectivity index (χ2v) is 9.55. The highest BCUT2D eigenvalue weighted by atomic mass is 16.7. The molecule has 45 heavy (non-hydrogen) atoms. The van der Waals surface area contributed by atoms with E-state index in [2.05, 4.69) is 20.9 Å². The van der Waals surface area contributed by atoms with Crippen LogP contribution in [0, 0.1) is 0 Å². The van der Waals surface area contributed by atoms with Gasteiger partial charge in [-0.25, -0.2) is 9.59 Å². The second-order valence-electron chi connectivity index (χ2n) is 9.55. The predicted molar refractivity (Wildman–Crippen MR) is 169 cm³/mol. The topological polar surface area (TPSA) is 188 Å². The molecule has 6 N–H and O–H groups in total. The summed E-state index contributed by atoms with van der Waals surface area (Å²) in [6.07, 6.45) is 0.580. The Hall–Kier alpha value is -6.30. The van der Waals surface area contributed by atoms with Gasteiger partial charge in [0.25, 0.3) is 0 Å².